The number of rotatable bonds is 4. The van der Waals surface area contributed by atoms with Crippen molar-refractivity contribution in [2.45, 2.75) is 56.8 Å². The third-order valence-corrected chi connectivity index (χ3v) is 6.00. The van der Waals surface area contributed by atoms with Crippen molar-refractivity contribution < 1.29 is 31.9 Å². The molecule has 0 aromatic carbocycles. The Kier molecular flexibility index (Phi) is 6.14. The number of carbonyl (C=O) groups excluding carboxylic acids is 2. The van der Waals surface area contributed by atoms with E-state index in [0.717, 1.165) is 0 Å². The van der Waals surface area contributed by atoms with E-state index in [1.54, 1.807) is 0 Å². The molecule has 2 unspecified atom stereocenters. The van der Waals surface area contributed by atoms with E-state index in [1.807, 2.05) is 0 Å². The highest BCUT2D eigenvalue weighted by molar-refractivity contribution is 5.94. The Bertz CT molecular complexity index is 762. The highest BCUT2D eigenvalue weighted by Crippen LogP contribution is 2.49. The number of hydrogen-bond donors (Lipinski definition) is 1. The van der Waals surface area contributed by atoms with Gasteiger partial charge in [-0.2, -0.15) is 0 Å². The first-order chi connectivity index (χ1) is 13.6. The smallest absolute Gasteiger partial charge is 0.356 e. The predicted octanol–water partition coefficient (Wildman–Crippen LogP) is 4.68. The van der Waals surface area contributed by atoms with Crippen molar-refractivity contribution in [3.8, 4) is 0 Å². The molecule has 2 aliphatic rings. The van der Waals surface area contributed by atoms with Crippen molar-refractivity contribution in [1.82, 2.24) is 4.98 Å². The number of alkyl halides is 4. The van der Waals surface area contributed by atoms with Gasteiger partial charge in [-0.3, -0.25) is 4.79 Å². The van der Waals surface area contributed by atoms with Crippen molar-refractivity contribution in [2.75, 3.05) is 12.4 Å². The molecular formula is C20H24F4N2O3. The molecule has 0 bridgehead atoms. The average molecular weight is 416 g/mol. The van der Waals surface area contributed by atoms with Gasteiger partial charge in [-0.25, -0.2) is 27.3 Å². The fourth-order valence-corrected chi connectivity index (χ4v) is 4.46. The van der Waals surface area contributed by atoms with Crippen LogP contribution in [0.1, 0.15) is 55.4 Å². The number of amides is 1. The summed E-state index contributed by atoms with van der Waals surface area (Å²) in [5, 5.41) is 2.59. The van der Waals surface area contributed by atoms with Crippen molar-refractivity contribution in [2.24, 2.45) is 17.8 Å². The number of carbonyl (C=O) groups is 2. The Morgan fingerprint density at radius 1 is 1.10 bits per heavy atom. The van der Waals surface area contributed by atoms with Crippen LogP contribution in [0, 0.1) is 17.8 Å². The van der Waals surface area contributed by atoms with Gasteiger partial charge in [0, 0.05) is 43.5 Å². The van der Waals surface area contributed by atoms with Gasteiger partial charge < -0.3 is 10.1 Å². The summed E-state index contributed by atoms with van der Waals surface area (Å²) in [6, 6.07) is 2.75. The van der Waals surface area contributed by atoms with Crippen LogP contribution in [0.15, 0.2) is 18.3 Å². The largest absolute Gasteiger partial charge is 0.464 e. The molecule has 2 fully saturated rings. The third kappa shape index (κ3) is 5.25. The van der Waals surface area contributed by atoms with E-state index in [0.29, 0.717) is 0 Å². The van der Waals surface area contributed by atoms with Crippen LogP contribution in [-0.4, -0.2) is 35.8 Å². The molecule has 0 spiro atoms. The number of esters is 1. The summed E-state index contributed by atoms with van der Waals surface area (Å²) in [6.45, 7) is 0. The molecule has 2 aliphatic carbocycles. The molecule has 3 rings (SSSR count). The maximum atomic E-state index is 14.1. The van der Waals surface area contributed by atoms with Crippen molar-refractivity contribution in [1.29, 1.82) is 0 Å². The highest BCUT2D eigenvalue weighted by Gasteiger charge is 2.48. The molecule has 0 aliphatic heterocycles. The minimum Gasteiger partial charge on any atom is -0.464 e. The lowest BCUT2D eigenvalue weighted by Gasteiger charge is -2.42. The fourth-order valence-electron chi connectivity index (χ4n) is 4.46. The summed E-state index contributed by atoms with van der Waals surface area (Å²) in [6.07, 6.45) is 0.408. The molecule has 29 heavy (non-hydrogen) atoms. The number of aromatic nitrogens is 1. The minimum atomic E-state index is -2.97. The van der Waals surface area contributed by atoms with Crippen LogP contribution < -0.4 is 5.32 Å². The lowest BCUT2D eigenvalue weighted by Crippen LogP contribution is -2.43. The van der Waals surface area contributed by atoms with Gasteiger partial charge in [-0.1, -0.05) is 0 Å². The number of halogens is 4. The fraction of sp³-hybridized carbons (Fsp3) is 0.650. The SMILES string of the molecule is COC(=O)c1cc(NC(=O)C2CC(F)(F)CCC2C2CCC(F)(F)CC2)ccn1. The molecule has 0 radical (unpaired) electrons. The van der Waals surface area contributed by atoms with Gasteiger partial charge in [0.25, 0.3) is 0 Å². The number of anilines is 1. The first-order valence-electron chi connectivity index (χ1n) is 9.71. The van der Waals surface area contributed by atoms with Gasteiger partial charge in [0.1, 0.15) is 5.69 Å². The zero-order valence-electron chi connectivity index (χ0n) is 16.1. The van der Waals surface area contributed by atoms with E-state index >= 15 is 0 Å². The zero-order valence-corrected chi connectivity index (χ0v) is 16.1. The van der Waals surface area contributed by atoms with E-state index in [2.05, 4.69) is 15.0 Å². The second-order valence-corrected chi connectivity index (χ2v) is 7.97. The number of nitrogens with one attached hydrogen (secondary N) is 1. The van der Waals surface area contributed by atoms with Crippen molar-refractivity contribution in [3.05, 3.63) is 24.0 Å². The molecule has 1 heterocycles. The summed E-state index contributed by atoms with van der Waals surface area (Å²) < 4.78 is 59.7. The molecule has 1 aromatic rings. The molecule has 160 valence electrons. The summed E-state index contributed by atoms with van der Waals surface area (Å²) in [7, 11) is 1.19. The van der Waals surface area contributed by atoms with Crippen LogP contribution in [0.25, 0.3) is 0 Å². The van der Waals surface area contributed by atoms with E-state index in [4.69, 9.17) is 0 Å². The van der Waals surface area contributed by atoms with Gasteiger partial charge in [-0.15, -0.1) is 0 Å². The van der Waals surface area contributed by atoms with Crippen LogP contribution in [-0.2, 0) is 9.53 Å². The van der Waals surface area contributed by atoms with E-state index in [1.165, 1.54) is 25.4 Å². The van der Waals surface area contributed by atoms with Crippen LogP contribution >= 0.6 is 0 Å². The molecule has 2 saturated carbocycles. The standard InChI is InChI=1S/C20H24F4N2O3/c1-29-18(28)16-10-13(5-9-25-16)26-17(27)15-11-20(23,24)8-4-14(15)12-2-6-19(21,22)7-3-12/h5,9-10,12,14-15H,2-4,6-8,11H2,1H3,(H,25,26,27). The quantitative estimate of drug-likeness (QED) is 0.572. The van der Waals surface area contributed by atoms with Crippen LogP contribution in [0.4, 0.5) is 23.2 Å². The number of hydrogen-bond acceptors (Lipinski definition) is 4. The average Bonchev–Trinajstić information content (AvgIpc) is 2.67. The van der Waals surface area contributed by atoms with E-state index < -0.39 is 36.1 Å². The van der Waals surface area contributed by atoms with Gasteiger partial charge in [0.05, 0.1) is 7.11 Å². The number of nitrogens with zero attached hydrogens (tertiary/aromatic N) is 1. The number of methoxy groups -OCH3 is 1. The van der Waals surface area contributed by atoms with E-state index in [9.17, 15) is 27.2 Å². The van der Waals surface area contributed by atoms with Gasteiger partial charge >= 0.3 is 5.97 Å². The third-order valence-electron chi connectivity index (χ3n) is 6.00. The first kappa shape index (κ1) is 21.5. The lowest BCUT2D eigenvalue weighted by atomic mass is 9.66. The Morgan fingerprint density at radius 3 is 2.41 bits per heavy atom. The molecular weight excluding hydrogens is 392 g/mol. The molecule has 9 heteroatoms. The van der Waals surface area contributed by atoms with Crippen LogP contribution in [0.5, 0.6) is 0 Å². The van der Waals surface area contributed by atoms with Gasteiger partial charge in [-0.05, 0) is 43.2 Å². The molecule has 1 aromatic heterocycles. The Labute approximate surface area is 166 Å². The number of ether oxygens (including phenoxy) is 1. The minimum absolute atomic E-state index is 0.0228. The molecule has 5 nitrogen and oxygen atoms in total. The normalized spacial score (nSPS) is 26.5. The topological polar surface area (TPSA) is 68.3 Å². The van der Waals surface area contributed by atoms with Crippen LogP contribution in [0.3, 0.4) is 0 Å². The molecule has 2 atom stereocenters. The molecule has 1 N–H and O–H groups in total. The summed E-state index contributed by atoms with van der Waals surface area (Å²) in [5.74, 6) is -8.48. The second kappa shape index (κ2) is 8.28. The summed E-state index contributed by atoms with van der Waals surface area (Å²) >= 11 is 0. The maximum absolute atomic E-state index is 14.1. The molecule has 1 amide bonds. The summed E-state index contributed by atoms with van der Waals surface area (Å²) in [4.78, 5) is 28.3. The Hall–Kier alpha value is -2.19. The van der Waals surface area contributed by atoms with Crippen molar-refractivity contribution in [3.63, 3.8) is 0 Å². The van der Waals surface area contributed by atoms with Gasteiger partial charge in [0.2, 0.25) is 17.8 Å². The highest BCUT2D eigenvalue weighted by atomic mass is 19.3. The maximum Gasteiger partial charge on any atom is 0.356 e. The van der Waals surface area contributed by atoms with Crippen molar-refractivity contribution >= 4 is 17.6 Å². The first-order valence-corrected chi connectivity index (χ1v) is 9.71. The summed E-state index contributed by atoms with van der Waals surface area (Å²) in [5.41, 5.74) is 0.221. The van der Waals surface area contributed by atoms with Crippen LogP contribution in [0.2, 0.25) is 0 Å². The number of pyridine rings is 1. The predicted molar refractivity (Wildman–Crippen MR) is 96.9 cm³/mol. The van der Waals surface area contributed by atoms with Gasteiger partial charge in [0.15, 0.2) is 0 Å². The second-order valence-electron chi connectivity index (χ2n) is 7.97. The monoisotopic (exact) mass is 416 g/mol. The Balaban J connectivity index is 1.75. The zero-order chi connectivity index (χ0) is 21.2. The molecule has 0 saturated heterocycles. The lowest BCUT2D eigenvalue weighted by molar-refractivity contribution is -0.136. The Morgan fingerprint density at radius 2 is 1.76 bits per heavy atom. The van der Waals surface area contributed by atoms with E-state index in [-0.39, 0.29) is 61.7 Å².